The number of ether oxygens (including phenoxy) is 1. The topological polar surface area (TPSA) is 36.5 Å². The summed E-state index contributed by atoms with van der Waals surface area (Å²) in [6.07, 6.45) is 0. The molecular weight excluding hydrogens is 386 g/mol. The van der Waals surface area contributed by atoms with Crippen molar-refractivity contribution in [2.24, 2.45) is 0 Å². The van der Waals surface area contributed by atoms with Gasteiger partial charge in [-0.05, 0) is 50.6 Å². The molecule has 2 aromatic rings. The molecule has 1 atom stereocenters. The van der Waals surface area contributed by atoms with Crippen molar-refractivity contribution in [1.82, 2.24) is 10.2 Å². The van der Waals surface area contributed by atoms with Crippen molar-refractivity contribution in [2.75, 3.05) is 33.1 Å². The molecule has 0 saturated heterocycles. The van der Waals surface area contributed by atoms with E-state index < -0.39 is 0 Å². The monoisotopic (exact) mass is 407 g/mol. The van der Waals surface area contributed by atoms with Gasteiger partial charge in [0, 0.05) is 22.3 Å². The summed E-state index contributed by atoms with van der Waals surface area (Å²) in [5, 5.41) is 7.08. The van der Waals surface area contributed by atoms with Gasteiger partial charge in [-0.1, -0.05) is 40.2 Å². The number of rotatable bonds is 6. The average Bonchev–Trinajstić information content (AvgIpc) is 2.55. The van der Waals surface area contributed by atoms with Crippen LogP contribution >= 0.6 is 28.1 Å². The normalized spacial score (nSPS) is 11.9. The van der Waals surface area contributed by atoms with E-state index in [-0.39, 0.29) is 6.04 Å². The Bertz CT molecular complexity index is 693. The highest BCUT2D eigenvalue weighted by atomic mass is 79.9. The largest absolute Gasteiger partial charge is 0.496 e. The summed E-state index contributed by atoms with van der Waals surface area (Å²) >= 11 is 8.86. The first-order chi connectivity index (χ1) is 11.5. The van der Waals surface area contributed by atoms with Gasteiger partial charge in [-0.15, -0.1) is 0 Å². The maximum atomic E-state index is 5.48. The van der Waals surface area contributed by atoms with E-state index in [1.165, 1.54) is 0 Å². The maximum absolute atomic E-state index is 5.48. The van der Waals surface area contributed by atoms with Crippen molar-refractivity contribution in [1.29, 1.82) is 0 Å². The molecule has 0 aliphatic rings. The summed E-state index contributed by atoms with van der Waals surface area (Å²) in [7, 11) is 5.78. The van der Waals surface area contributed by atoms with Gasteiger partial charge in [0.15, 0.2) is 5.11 Å². The van der Waals surface area contributed by atoms with Gasteiger partial charge in [0.2, 0.25) is 0 Å². The first-order valence-corrected chi connectivity index (χ1v) is 8.81. The molecule has 0 aromatic heterocycles. The molecule has 4 nitrogen and oxygen atoms in total. The van der Waals surface area contributed by atoms with Crippen LogP contribution in [0.15, 0.2) is 53.0 Å². The minimum absolute atomic E-state index is 0.142. The van der Waals surface area contributed by atoms with Gasteiger partial charge < -0.3 is 20.3 Å². The standard InChI is InChI=1S/C18H22BrN3OS/c1-22(2)16(15-9-4-5-10-17(15)23-3)12-20-18(24)21-14-8-6-7-13(19)11-14/h4-11,16H,12H2,1-3H3,(H2,20,21,24)/t16-/m0/s1. The SMILES string of the molecule is COc1ccccc1[C@H](CNC(=S)Nc1cccc(Br)c1)N(C)C. The molecule has 0 aliphatic carbocycles. The second-order valence-corrected chi connectivity index (χ2v) is 6.89. The number of methoxy groups -OCH3 is 1. The van der Waals surface area contributed by atoms with E-state index >= 15 is 0 Å². The third-order valence-electron chi connectivity index (χ3n) is 3.66. The summed E-state index contributed by atoms with van der Waals surface area (Å²) in [6, 6.07) is 16.1. The Kier molecular flexibility index (Phi) is 7.02. The average molecular weight is 408 g/mol. The Labute approximate surface area is 157 Å². The smallest absolute Gasteiger partial charge is 0.170 e. The molecule has 6 heteroatoms. The Morgan fingerprint density at radius 1 is 1.21 bits per heavy atom. The number of hydrogen-bond acceptors (Lipinski definition) is 3. The number of para-hydroxylation sites is 1. The molecule has 0 fully saturated rings. The lowest BCUT2D eigenvalue weighted by molar-refractivity contribution is 0.288. The molecule has 2 N–H and O–H groups in total. The van der Waals surface area contributed by atoms with Crippen molar-refractivity contribution in [3.8, 4) is 5.75 Å². The second-order valence-electron chi connectivity index (χ2n) is 5.57. The van der Waals surface area contributed by atoms with Crippen LogP contribution in [0, 0.1) is 0 Å². The zero-order valence-corrected chi connectivity index (χ0v) is 16.4. The van der Waals surface area contributed by atoms with Crippen LogP contribution in [0.4, 0.5) is 5.69 Å². The highest BCUT2D eigenvalue weighted by Crippen LogP contribution is 2.27. The fraction of sp³-hybridized carbons (Fsp3) is 0.278. The second kappa shape index (κ2) is 9.01. The predicted molar refractivity (Wildman–Crippen MR) is 108 cm³/mol. The third kappa shape index (κ3) is 5.19. The van der Waals surface area contributed by atoms with E-state index in [9.17, 15) is 0 Å². The number of likely N-dealkylation sites (N-methyl/N-ethyl adjacent to an activating group) is 1. The Hall–Kier alpha value is -1.63. The number of thiocarbonyl (C=S) groups is 1. The van der Waals surface area contributed by atoms with E-state index in [0.717, 1.165) is 21.5 Å². The van der Waals surface area contributed by atoms with Crippen LogP contribution < -0.4 is 15.4 Å². The van der Waals surface area contributed by atoms with E-state index in [0.29, 0.717) is 11.7 Å². The number of benzene rings is 2. The molecule has 0 heterocycles. The lowest BCUT2D eigenvalue weighted by atomic mass is 10.0. The fourth-order valence-electron chi connectivity index (χ4n) is 2.44. The lowest BCUT2D eigenvalue weighted by Crippen LogP contribution is -2.36. The number of hydrogen-bond donors (Lipinski definition) is 2. The van der Waals surface area contributed by atoms with E-state index in [2.05, 4.69) is 37.5 Å². The van der Waals surface area contributed by atoms with Gasteiger partial charge in [0.1, 0.15) is 5.75 Å². The highest BCUT2D eigenvalue weighted by molar-refractivity contribution is 9.10. The van der Waals surface area contributed by atoms with Crippen molar-refractivity contribution in [3.63, 3.8) is 0 Å². The number of nitrogens with zero attached hydrogens (tertiary/aromatic N) is 1. The van der Waals surface area contributed by atoms with E-state index in [4.69, 9.17) is 17.0 Å². The van der Waals surface area contributed by atoms with Crippen molar-refractivity contribution in [2.45, 2.75) is 6.04 Å². The van der Waals surface area contributed by atoms with E-state index in [1.54, 1.807) is 7.11 Å². The molecule has 0 bridgehead atoms. The summed E-state index contributed by atoms with van der Waals surface area (Å²) in [6.45, 7) is 0.674. The van der Waals surface area contributed by atoms with Gasteiger partial charge in [-0.3, -0.25) is 0 Å². The molecule has 2 aromatic carbocycles. The Morgan fingerprint density at radius 3 is 2.62 bits per heavy atom. The third-order valence-corrected chi connectivity index (χ3v) is 4.40. The number of halogens is 1. The first-order valence-electron chi connectivity index (χ1n) is 7.61. The van der Waals surface area contributed by atoms with Gasteiger partial charge in [0.25, 0.3) is 0 Å². The first kappa shape index (κ1) is 18.7. The molecule has 0 spiro atoms. The van der Waals surface area contributed by atoms with Crippen LogP contribution in [0.5, 0.6) is 5.75 Å². The molecule has 24 heavy (non-hydrogen) atoms. The minimum Gasteiger partial charge on any atom is -0.496 e. The fourth-order valence-corrected chi connectivity index (χ4v) is 3.04. The van der Waals surface area contributed by atoms with E-state index in [1.807, 2.05) is 56.6 Å². The van der Waals surface area contributed by atoms with Crippen LogP contribution in [0.25, 0.3) is 0 Å². The molecule has 2 rings (SSSR count). The van der Waals surface area contributed by atoms with Crippen molar-refractivity contribution >= 4 is 38.9 Å². The van der Waals surface area contributed by atoms with Crippen LogP contribution in [0.1, 0.15) is 11.6 Å². The summed E-state index contributed by atoms with van der Waals surface area (Å²) < 4.78 is 6.49. The molecule has 0 amide bonds. The molecule has 0 unspecified atom stereocenters. The van der Waals surface area contributed by atoms with Gasteiger partial charge in [0.05, 0.1) is 13.2 Å². The summed E-state index contributed by atoms with van der Waals surface area (Å²) in [5.74, 6) is 0.879. The molecule has 0 aliphatic heterocycles. The Balaban J connectivity index is 2.02. The van der Waals surface area contributed by atoms with Gasteiger partial charge in [-0.25, -0.2) is 0 Å². The minimum atomic E-state index is 0.142. The number of nitrogens with one attached hydrogen (secondary N) is 2. The quantitative estimate of drug-likeness (QED) is 0.706. The predicted octanol–water partition coefficient (Wildman–Crippen LogP) is 4.05. The lowest BCUT2D eigenvalue weighted by Gasteiger charge is -2.27. The van der Waals surface area contributed by atoms with Crippen molar-refractivity contribution < 1.29 is 4.74 Å². The van der Waals surface area contributed by atoms with Gasteiger partial charge in [-0.2, -0.15) is 0 Å². The highest BCUT2D eigenvalue weighted by Gasteiger charge is 2.18. The number of anilines is 1. The van der Waals surface area contributed by atoms with Crippen LogP contribution in [-0.2, 0) is 0 Å². The maximum Gasteiger partial charge on any atom is 0.170 e. The molecule has 0 radical (unpaired) electrons. The summed E-state index contributed by atoms with van der Waals surface area (Å²) in [5.41, 5.74) is 2.07. The van der Waals surface area contributed by atoms with Gasteiger partial charge >= 0.3 is 0 Å². The van der Waals surface area contributed by atoms with Crippen LogP contribution in [-0.4, -0.2) is 37.8 Å². The van der Waals surface area contributed by atoms with Crippen LogP contribution in [0.2, 0.25) is 0 Å². The zero-order valence-electron chi connectivity index (χ0n) is 14.0. The van der Waals surface area contributed by atoms with Crippen molar-refractivity contribution in [3.05, 3.63) is 58.6 Å². The summed E-state index contributed by atoms with van der Waals surface area (Å²) in [4.78, 5) is 2.15. The molecule has 128 valence electrons. The molecule has 0 saturated carbocycles. The Morgan fingerprint density at radius 2 is 1.96 bits per heavy atom. The molecular formula is C18H22BrN3OS. The van der Waals surface area contributed by atoms with Crippen LogP contribution in [0.3, 0.4) is 0 Å². The zero-order chi connectivity index (χ0) is 17.5.